The maximum absolute atomic E-state index is 12.4. The second-order valence-corrected chi connectivity index (χ2v) is 7.33. The summed E-state index contributed by atoms with van der Waals surface area (Å²) in [5.74, 6) is -0.631. The molecule has 5 heteroatoms. The summed E-state index contributed by atoms with van der Waals surface area (Å²) in [4.78, 5) is 36.8. The Morgan fingerprint density at radius 2 is 1.88 bits per heavy atom. The van der Waals surface area contributed by atoms with Gasteiger partial charge in [-0.05, 0) is 57.2 Å². The van der Waals surface area contributed by atoms with Gasteiger partial charge in [0.1, 0.15) is 5.78 Å². The fourth-order valence-electron chi connectivity index (χ4n) is 3.96. The van der Waals surface area contributed by atoms with Crippen molar-refractivity contribution in [1.29, 1.82) is 0 Å². The monoisotopic (exact) mass is 343 g/mol. The first kappa shape index (κ1) is 17.6. The Hall–Kier alpha value is -2.17. The van der Waals surface area contributed by atoms with Crippen LogP contribution in [-0.2, 0) is 19.1 Å². The zero-order chi connectivity index (χ0) is 18.0. The molecule has 2 bridgehead atoms. The van der Waals surface area contributed by atoms with Crippen LogP contribution in [0.15, 0.2) is 24.3 Å². The van der Waals surface area contributed by atoms with Gasteiger partial charge in [0.25, 0.3) is 5.91 Å². The van der Waals surface area contributed by atoms with Crippen LogP contribution in [0.2, 0.25) is 0 Å². The summed E-state index contributed by atoms with van der Waals surface area (Å²) in [5.41, 5.74) is 1.73. The fraction of sp³-hybridized carbons (Fsp3) is 0.550. The van der Waals surface area contributed by atoms with E-state index in [9.17, 15) is 14.4 Å². The Balaban J connectivity index is 1.55. The quantitative estimate of drug-likeness (QED) is 0.852. The molecule has 1 amide bonds. The van der Waals surface area contributed by atoms with Crippen LogP contribution in [0.4, 0.5) is 5.69 Å². The van der Waals surface area contributed by atoms with Crippen LogP contribution in [0.1, 0.15) is 44.6 Å². The van der Waals surface area contributed by atoms with Crippen LogP contribution in [-0.4, -0.2) is 23.8 Å². The highest BCUT2D eigenvalue weighted by Crippen LogP contribution is 2.40. The molecule has 1 aromatic carbocycles. The average Bonchev–Trinajstić information content (AvgIpc) is 2.54. The van der Waals surface area contributed by atoms with Crippen molar-refractivity contribution in [3.05, 3.63) is 29.8 Å². The lowest BCUT2D eigenvalue weighted by molar-refractivity contribution is -0.161. The summed E-state index contributed by atoms with van der Waals surface area (Å²) < 4.78 is 5.39. The summed E-state index contributed by atoms with van der Waals surface area (Å²) in [6.45, 7) is 3.53. The van der Waals surface area contributed by atoms with Gasteiger partial charge >= 0.3 is 5.97 Å². The number of carbonyl (C=O) groups excluding carboxylic acids is 3. The number of anilines is 1. The van der Waals surface area contributed by atoms with Gasteiger partial charge in [-0.2, -0.15) is 0 Å². The van der Waals surface area contributed by atoms with Gasteiger partial charge in [-0.1, -0.05) is 18.6 Å². The van der Waals surface area contributed by atoms with Crippen molar-refractivity contribution >= 4 is 23.3 Å². The lowest BCUT2D eigenvalue weighted by Gasteiger charge is -2.36. The molecule has 4 atom stereocenters. The summed E-state index contributed by atoms with van der Waals surface area (Å²) in [7, 11) is 0. The van der Waals surface area contributed by atoms with Crippen molar-refractivity contribution in [3.63, 3.8) is 0 Å². The number of hydrogen-bond acceptors (Lipinski definition) is 4. The molecule has 2 aliphatic rings. The van der Waals surface area contributed by atoms with Gasteiger partial charge in [-0.15, -0.1) is 0 Å². The van der Waals surface area contributed by atoms with Gasteiger partial charge in [0.05, 0.1) is 5.92 Å². The molecule has 5 nitrogen and oxygen atoms in total. The van der Waals surface area contributed by atoms with E-state index in [0.29, 0.717) is 24.3 Å². The molecule has 1 N–H and O–H groups in total. The Morgan fingerprint density at radius 1 is 1.20 bits per heavy atom. The number of carbonyl (C=O) groups is 3. The highest BCUT2D eigenvalue weighted by Gasteiger charge is 2.42. The van der Waals surface area contributed by atoms with Gasteiger partial charge in [0.2, 0.25) is 0 Å². The van der Waals surface area contributed by atoms with E-state index in [-0.39, 0.29) is 29.6 Å². The molecule has 25 heavy (non-hydrogen) atoms. The molecule has 2 fully saturated rings. The number of fused-ring (bicyclic) bond motifs is 2. The molecule has 0 aromatic heterocycles. The zero-order valence-electron chi connectivity index (χ0n) is 14.8. The third-order valence-corrected chi connectivity index (χ3v) is 5.33. The number of benzene rings is 1. The van der Waals surface area contributed by atoms with E-state index in [0.717, 1.165) is 24.8 Å². The molecular formula is C20H25NO4. The van der Waals surface area contributed by atoms with Gasteiger partial charge in [-0.25, -0.2) is 0 Å². The minimum absolute atomic E-state index is 0.00137. The van der Waals surface area contributed by atoms with Crippen LogP contribution in [0.25, 0.3) is 0 Å². The number of ketones is 1. The Bertz CT molecular complexity index is 668. The lowest BCUT2D eigenvalue weighted by Crippen LogP contribution is -2.41. The minimum atomic E-state index is -0.856. The molecular weight excluding hydrogens is 318 g/mol. The number of aryl methyl sites for hydroxylation is 1. The van der Waals surface area contributed by atoms with Crippen molar-refractivity contribution in [2.45, 2.75) is 52.1 Å². The summed E-state index contributed by atoms with van der Waals surface area (Å²) in [5, 5.41) is 2.77. The van der Waals surface area contributed by atoms with Crippen LogP contribution < -0.4 is 5.32 Å². The number of rotatable bonds is 4. The van der Waals surface area contributed by atoms with E-state index in [2.05, 4.69) is 5.32 Å². The Labute approximate surface area is 148 Å². The molecule has 0 heterocycles. The van der Waals surface area contributed by atoms with Gasteiger partial charge in [0, 0.05) is 17.5 Å². The molecule has 0 aliphatic heterocycles. The van der Waals surface area contributed by atoms with E-state index in [1.165, 1.54) is 0 Å². The maximum Gasteiger partial charge on any atom is 0.309 e. The molecule has 0 saturated heterocycles. The highest BCUT2D eigenvalue weighted by atomic mass is 16.5. The number of amides is 1. The third kappa shape index (κ3) is 4.09. The third-order valence-electron chi connectivity index (χ3n) is 5.33. The van der Waals surface area contributed by atoms with Crippen molar-refractivity contribution in [3.8, 4) is 0 Å². The molecule has 0 spiro atoms. The zero-order valence-corrected chi connectivity index (χ0v) is 14.8. The lowest BCUT2D eigenvalue weighted by atomic mass is 9.67. The standard InChI is InChI=1S/C20H25NO4/c1-12-5-3-8-17(9-12)21-19(23)13(2)25-20(24)16-10-14-6-4-7-15(11-16)18(14)22/h3,5,8-9,13-16H,4,6-7,10-11H2,1-2H3,(H,21,23)/t13-,14-,15+,16?/m0/s1. The molecule has 134 valence electrons. The van der Waals surface area contributed by atoms with E-state index in [1.807, 2.05) is 25.1 Å². The predicted molar refractivity (Wildman–Crippen MR) is 93.9 cm³/mol. The topological polar surface area (TPSA) is 72.5 Å². The number of esters is 1. The van der Waals surface area contributed by atoms with Crippen molar-refractivity contribution in [2.24, 2.45) is 17.8 Å². The van der Waals surface area contributed by atoms with Gasteiger partial charge in [0.15, 0.2) is 6.10 Å². The smallest absolute Gasteiger partial charge is 0.309 e. The van der Waals surface area contributed by atoms with E-state index < -0.39 is 6.10 Å². The van der Waals surface area contributed by atoms with Crippen LogP contribution in [0.5, 0.6) is 0 Å². The van der Waals surface area contributed by atoms with E-state index in [4.69, 9.17) is 4.74 Å². The predicted octanol–water partition coefficient (Wildman–Crippen LogP) is 3.26. The highest BCUT2D eigenvalue weighted by molar-refractivity contribution is 5.95. The number of hydrogen-bond donors (Lipinski definition) is 1. The van der Waals surface area contributed by atoms with Crippen LogP contribution in [0, 0.1) is 24.7 Å². The number of Topliss-reactive ketones (excluding diaryl/α,β-unsaturated/α-hetero) is 1. The van der Waals surface area contributed by atoms with Crippen molar-refractivity contribution in [2.75, 3.05) is 5.32 Å². The van der Waals surface area contributed by atoms with E-state index >= 15 is 0 Å². The number of nitrogens with one attached hydrogen (secondary N) is 1. The molecule has 2 saturated carbocycles. The molecule has 2 aliphatic carbocycles. The van der Waals surface area contributed by atoms with Gasteiger partial charge < -0.3 is 10.1 Å². The normalized spacial score (nSPS) is 26.6. The first-order valence-electron chi connectivity index (χ1n) is 9.06. The van der Waals surface area contributed by atoms with E-state index in [1.54, 1.807) is 13.0 Å². The SMILES string of the molecule is Cc1cccc(NC(=O)[C@H](C)OC(=O)C2C[C@H]3CCC[C@@H](C2)C3=O)c1. The first-order valence-corrected chi connectivity index (χ1v) is 9.06. The summed E-state index contributed by atoms with van der Waals surface area (Å²) in [6.07, 6.45) is 3.11. The van der Waals surface area contributed by atoms with Crippen molar-refractivity contribution < 1.29 is 19.1 Å². The molecule has 0 radical (unpaired) electrons. The summed E-state index contributed by atoms with van der Waals surface area (Å²) >= 11 is 0. The second kappa shape index (κ2) is 7.38. The van der Waals surface area contributed by atoms with Crippen LogP contribution >= 0.6 is 0 Å². The molecule has 3 rings (SSSR count). The average molecular weight is 343 g/mol. The van der Waals surface area contributed by atoms with Crippen molar-refractivity contribution in [1.82, 2.24) is 0 Å². The molecule has 1 unspecified atom stereocenters. The Morgan fingerprint density at radius 3 is 2.52 bits per heavy atom. The molecule has 1 aromatic rings. The van der Waals surface area contributed by atoms with Gasteiger partial charge in [-0.3, -0.25) is 14.4 Å². The Kier molecular flexibility index (Phi) is 5.21. The summed E-state index contributed by atoms with van der Waals surface area (Å²) in [6, 6.07) is 7.47. The minimum Gasteiger partial charge on any atom is -0.452 e. The first-order chi connectivity index (χ1) is 11.9. The maximum atomic E-state index is 12.4. The second-order valence-electron chi connectivity index (χ2n) is 7.33. The van der Waals surface area contributed by atoms with Crippen LogP contribution in [0.3, 0.4) is 0 Å². The number of ether oxygens (including phenoxy) is 1. The largest absolute Gasteiger partial charge is 0.452 e. The fourth-order valence-corrected chi connectivity index (χ4v) is 3.96.